The van der Waals surface area contributed by atoms with E-state index in [1.165, 1.54) is 205 Å². The van der Waals surface area contributed by atoms with Crippen molar-refractivity contribution < 1.29 is 37.3 Å². The number of esters is 1. The van der Waals surface area contributed by atoms with Gasteiger partial charge in [-0.2, -0.15) is 0 Å². The number of quaternary nitrogens is 1. The zero-order valence-corrected chi connectivity index (χ0v) is 56.8. The number of carbonyl (C=O) groups excluding carboxylic acids is 2. The van der Waals surface area contributed by atoms with Crippen LogP contribution >= 0.6 is 7.82 Å². The Morgan fingerprint density at radius 2 is 0.726 bits per heavy atom. The molecule has 1 amide bonds. The number of amides is 1. The van der Waals surface area contributed by atoms with E-state index in [1.54, 1.807) is 0 Å². The Morgan fingerprint density at radius 1 is 0.417 bits per heavy atom. The number of nitrogens with one attached hydrogen (secondary N) is 1. The van der Waals surface area contributed by atoms with Gasteiger partial charge in [0.1, 0.15) is 19.3 Å². The van der Waals surface area contributed by atoms with Crippen molar-refractivity contribution in [1.82, 2.24) is 5.32 Å². The van der Waals surface area contributed by atoms with Gasteiger partial charge in [0.2, 0.25) is 5.91 Å². The molecule has 0 saturated heterocycles. The van der Waals surface area contributed by atoms with Gasteiger partial charge in [-0.25, -0.2) is 4.57 Å². The third-order valence-electron chi connectivity index (χ3n) is 15.6. The van der Waals surface area contributed by atoms with Crippen molar-refractivity contribution in [3.63, 3.8) is 0 Å². The first-order valence-corrected chi connectivity index (χ1v) is 36.9. The van der Waals surface area contributed by atoms with Gasteiger partial charge in [-0.05, 0) is 109 Å². The predicted molar refractivity (Wildman–Crippen MR) is 364 cm³/mol. The van der Waals surface area contributed by atoms with Gasteiger partial charge in [-0.3, -0.25) is 18.6 Å². The molecule has 3 atom stereocenters. The number of phosphoric ester groups is 1. The van der Waals surface area contributed by atoms with Gasteiger partial charge in [0.15, 0.2) is 0 Å². The number of phosphoric acid groups is 1. The van der Waals surface area contributed by atoms with Crippen LogP contribution in [0.5, 0.6) is 0 Å². The van der Waals surface area contributed by atoms with Crippen LogP contribution in [0.4, 0.5) is 0 Å². The zero-order valence-electron chi connectivity index (χ0n) is 55.9. The molecule has 84 heavy (non-hydrogen) atoms. The highest BCUT2D eigenvalue weighted by Crippen LogP contribution is 2.43. The van der Waals surface area contributed by atoms with Crippen LogP contribution in [0.25, 0.3) is 0 Å². The molecule has 0 aliphatic carbocycles. The number of ether oxygens (including phenoxy) is 1. The quantitative estimate of drug-likeness (QED) is 0.0205. The van der Waals surface area contributed by atoms with Gasteiger partial charge >= 0.3 is 13.8 Å². The van der Waals surface area contributed by atoms with Gasteiger partial charge in [0, 0.05) is 12.8 Å². The Morgan fingerprint density at radius 3 is 1.11 bits per heavy atom. The lowest BCUT2D eigenvalue weighted by Gasteiger charge is -2.27. The number of hydrogen-bond acceptors (Lipinski definition) is 6. The van der Waals surface area contributed by atoms with E-state index < -0.39 is 20.0 Å². The molecule has 0 rings (SSSR count). The maximum Gasteiger partial charge on any atom is 0.472 e. The number of allylic oxidation sites excluding steroid dienone is 13. The molecule has 0 heterocycles. The third kappa shape index (κ3) is 63.7. The maximum atomic E-state index is 13.6. The Labute approximate surface area is 520 Å². The summed E-state index contributed by atoms with van der Waals surface area (Å²) in [5, 5.41) is 3.07. The zero-order chi connectivity index (χ0) is 61.4. The second-order valence-corrected chi connectivity index (χ2v) is 26.5. The van der Waals surface area contributed by atoms with E-state index in [-0.39, 0.29) is 31.5 Å². The highest BCUT2D eigenvalue weighted by molar-refractivity contribution is 7.47. The van der Waals surface area contributed by atoms with Crippen LogP contribution < -0.4 is 5.32 Å². The Bertz CT molecular complexity index is 1710. The van der Waals surface area contributed by atoms with Gasteiger partial charge in [-0.15, -0.1) is 0 Å². The van der Waals surface area contributed by atoms with E-state index in [0.29, 0.717) is 17.4 Å². The summed E-state index contributed by atoms with van der Waals surface area (Å²) in [6.45, 7) is 6.98. The van der Waals surface area contributed by atoms with Gasteiger partial charge in [0.05, 0.1) is 33.8 Å². The van der Waals surface area contributed by atoms with E-state index in [1.807, 2.05) is 33.3 Å². The molecule has 0 aromatic heterocycles. The smallest absolute Gasteiger partial charge is 0.456 e. The molecular formula is C74H136N2O7P+. The van der Waals surface area contributed by atoms with Crippen molar-refractivity contribution in [2.75, 3.05) is 40.9 Å². The minimum atomic E-state index is -4.46. The lowest BCUT2D eigenvalue weighted by Crippen LogP contribution is -2.47. The molecule has 3 unspecified atom stereocenters. The number of nitrogens with zero attached hydrogens (tertiary/aromatic N) is 1. The molecule has 0 radical (unpaired) electrons. The van der Waals surface area contributed by atoms with Crippen molar-refractivity contribution in [3.8, 4) is 0 Å². The van der Waals surface area contributed by atoms with E-state index in [4.69, 9.17) is 13.8 Å². The number of carbonyl (C=O) groups is 2. The fraction of sp³-hybridized carbons (Fsp3) is 0.784. The standard InChI is InChI=1S/C74H135N2O7P/c1-7-10-13-16-19-22-25-28-30-32-34-35-36-37-38-39-40-41-43-44-46-48-51-54-57-60-63-66-73(77)75-71(70-82-84(79,80)81-69-68-76(4,5)6)72(65-62-59-56-53-50-27-24-21-18-15-12-9-3)83-74(78)67-64-61-58-55-52-49-47-45-42-33-31-29-26-23-20-17-14-11-8-2/h19-20,22-23,28-31,34-35,37-38,62,65,71-72H,7-18,21,24-27,32-33,36,39-61,63-64,66-70H2,1-6H3,(H-,75,77,79,80)/p+1/b22-19-,23-20-,30-28-,31-29-,35-34-,38-37-,65-62-. The van der Waals surface area contributed by atoms with Crippen LogP contribution in [0, 0.1) is 0 Å². The Balaban J connectivity index is 5.06. The van der Waals surface area contributed by atoms with E-state index >= 15 is 0 Å². The molecule has 0 aliphatic rings. The highest BCUT2D eigenvalue weighted by atomic mass is 31.2. The molecule has 0 aromatic carbocycles. The molecule has 0 spiro atoms. The summed E-state index contributed by atoms with van der Waals surface area (Å²) in [7, 11) is 1.49. The fourth-order valence-electron chi connectivity index (χ4n) is 10.1. The molecule has 0 aromatic rings. The van der Waals surface area contributed by atoms with Gasteiger partial charge < -0.3 is 19.4 Å². The lowest BCUT2D eigenvalue weighted by atomic mass is 10.0. The second-order valence-electron chi connectivity index (χ2n) is 25.0. The molecule has 0 bridgehead atoms. The predicted octanol–water partition coefficient (Wildman–Crippen LogP) is 22.5. The number of rotatable bonds is 64. The van der Waals surface area contributed by atoms with Crippen molar-refractivity contribution in [2.45, 2.75) is 335 Å². The monoisotopic (exact) mass is 1200 g/mol. The first-order chi connectivity index (χ1) is 40.9. The van der Waals surface area contributed by atoms with Crippen molar-refractivity contribution in [1.29, 1.82) is 0 Å². The van der Waals surface area contributed by atoms with Crippen molar-refractivity contribution in [2.24, 2.45) is 0 Å². The van der Waals surface area contributed by atoms with Gasteiger partial charge in [0.25, 0.3) is 0 Å². The Kier molecular flexibility index (Phi) is 61.1. The highest BCUT2D eigenvalue weighted by Gasteiger charge is 2.30. The SMILES string of the molecule is CCCCC/C=C\C/C=C\C/C=C\C/C=C\CCCCCCCCCCCCCC(=O)NC(COP(=O)(O)OCC[N+](C)(C)C)C(/C=C\CCCCCCCCCCCC)OC(=O)CCCCCCCCCCC/C=C\C/C=C\CCCCC. The van der Waals surface area contributed by atoms with Crippen molar-refractivity contribution >= 4 is 19.7 Å². The molecule has 488 valence electrons. The van der Waals surface area contributed by atoms with Crippen LogP contribution in [0.2, 0.25) is 0 Å². The summed E-state index contributed by atoms with van der Waals surface area (Å²) in [4.78, 5) is 37.9. The third-order valence-corrected chi connectivity index (χ3v) is 16.5. The first-order valence-electron chi connectivity index (χ1n) is 35.4. The molecule has 0 saturated carbocycles. The summed E-state index contributed by atoms with van der Waals surface area (Å²) >= 11 is 0. The van der Waals surface area contributed by atoms with E-state index in [0.717, 1.165) is 83.5 Å². The molecule has 0 aliphatic heterocycles. The normalized spacial score (nSPS) is 14.0. The summed E-state index contributed by atoms with van der Waals surface area (Å²) in [5.41, 5.74) is 0. The van der Waals surface area contributed by atoms with E-state index in [9.17, 15) is 19.0 Å². The van der Waals surface area contributed by atoms with Gasteiger partial charge in [-0.1, -0.05) is 286 Å². The average molecular weight is 1200 g/mol. The fourth-order valence-corrected chi connectivity index (χ4v) is 10.8. The summed E-state index contributed by atoms with van der Waals surface area (Å²) < 4.78 is 30.8. The number of likely N-dealkylation sites (N-methyl/N-ethyl adjacent to an activating group) is 1. The van der Waals surface area contributed by atoms with Crippen molar-refractivity contribution in [3.05, 3.63) is 85.1 Å². The van der Waals surface area contributed by atoms with Crippen LogP contribution in [0.3, 0.4) is 0 Å². The summed E-state index contributed by atoms with van der Waals surface area (Å²) in [5.74, 6) is -0.507. The molecule has 0 fully saturated rings. The summed E-state index contributed by atoms with van der Waals surface area (Å²) in [6, 6.07) is -0.856. The largest absolute Gasteiger partial charge is 0.472 e. The maximum absolute atomic E-state index is 13.6. The Hall–Kier alpha value is -2.81. The average Bonchev–Trinajstić information content (AvgIpc) is 3.64. The minimum Gasteiger partial charge on any atom is -0.456 e. The van der Waals surface area contributed by atoms with Crippen LogP contribution in [-0.4, -0.2) is 74.3 Å². The summed E-state index contributed by atoms with van der Waals surface area (Å²) in [6.07, 6.45) is 84.4. The molecular weight excluding hydrogens is 1060 g/mol. The first kappa shape index (κ1) is 81.2. The topological polar surface area (TPSA) is 111 Å². The molecule has 10 heteroatoms. The van der Waals surface area contributed by atoms with E-state index in [2.05, 4.69) is 99.0 Å². The molecule has 9 nitrogen and oxygen atoms in total. The van der Waals surface area contributed by atoms with Crippen LogP contribution in [0.1, 0.15) is 323 Å². The number of unbranched alkanes of at least 4 members (excludes halogenated alkanes) is 36. The van der Waals surface area contributed by atoms with Crippen LogP contribution in [0.15, 0.2) is 85.1 Å². The second kappa shape index (κ2) is 63.2. The lowest BCUT2D eigenvalue weighted by molar-refractivity contribution is -0.870. The number of hydrogen-bond donors (Lipinski definition) is 2. The minimum absolute atomic E-state index is 0.0366. The molecule has 2 N–H and O–H groups in total. The van der Waals surface area contributed by atoms with Crippen LogP contribution in [-0.2, 0) is 27.9 Å².